The van der Waals surface area contributed by atoms with Gasteiger partial charge in [-0.3, -0.25) is 0 Å². The number of thiazole rings is 1. The van der Waals surface area contributed by atoms with E-state index in [0.717, 1.165) is 21.0 Å². The third kappa shape index (κ3) is 2.04. The maximum absolute atomic E-state index is 5.84. The highest BCUT2D eigenvalue weighted by molar-refractivity contribution is 7.21. The topological polar surface area (TPSA) is 99.9 Å². The first-order valence-corrected chi connectivity index (χ1v) is 6.32. The second-order valence-electron chi connectivity index (χ2n) is 3.88. The summed E-state index contributed by atoms with van der Waals surface area (Å²) in [4.78, 5) is 12.4. The lowest BCUT2D eigenvalue weighted by atomic mass is 10.3. The van der Waals surface area contributed by atoms with E-state index in [4.69, 9.17) is 16.2 Å². The number of ether oxygens (including phenoxy) is 1. The van der Waals surface area contributed by atoms with Gasteiger partial charge in [-0.1, -0.05) is 0 Å². The first-order chi connectivity index (χ1) is 9.17. The van der Waals surface area contributed by atoms with Gasteiger partial charge in [-0.05, 0) is 18.2 Å². The summed E-state index contributed by atoms with van der Waals surface area (Å²) in [6, 6.07) is 5.71. The minimum Gasteiger partial charge on any atom is -0.497 e. The molecular weight excluding hydrogens is 262 g/mol. The van der Waals surface area contributed by atoms with Crippen LogP contribution in [0.25, 0.3) is 20.8 Å². The Morgan fingerprint density at radius 1 is 1.21 bits per heavy atom. The van der Waals surface area contributed by atoms with Crippen molar-refractivity contribution in [3.05, 3.63) is 24.4 Å². The average molecular weight is 273 g/mol. The summed E-state index contributed by atoms with van der Waals surface area (Å²) in [5.74, 6) is 1.28. The van der Waals surface area contributed by atoms with Crippen molar-refractivity contribution in [3.8, 4) is 16.3 Å². The van der Waals surface area contributed by atoms with E-state index in [0.29, 0.717) is 11.4 Å². The number of benzene rings is 1. The predicted molar refractivity (Wildman–Crippen MR) is 76.0 cm³/mol. The Hall–Kier alpha value is -2.41. The Labute approximate surface area is 113 Å². The first-order valence-electron chi connectivity index (χ1n) is 5.50. The standard InChI is InChI=1S/C12H11N5OS/c1-18-6-2-3-8-9(4-6)19-11(16-8)7-5-15-12(14)17-10(7)13/h2-5H,1H3,(H4,13,14,15,17). The van der Waals surface area contributed by atoms with Gasteiger partial charge in [-0.2, -0.15) is 4.98 Å². The number of nitrogens with zero attached hydrogens (tertiary/aromatic N) is 3. The molecule has 0 radical (unpaired) electrons. The summed E-state index contributed by atoms with van der Waals surface area (Å²) in [6.07, 6.45) is 1.59. The number of rotatable bonds is 2. The van der Waals surface area contributed by atoms with Gasteiger partial charge in [0.15, 0.2) is 0 Å². The molecule has 0 amide bonds. The van der Waals surface area contributed by atoms with Crippen molar-refractivity contribution in [3.63, 3.8) is 0 Å². The summed E-state index contributed by atoms with van der Waals surface area (Å²) in [6.45, 7) is 0. The number of nitrogens with two attached hydrogens (primary N) is 2. The molecule has 0 saturated heterocycles. The summed E-state index contributed by atoms with van der Waals surface area (Å²) >= 11 is 1.51. The van der Waals surface area contributed by atoms with Crippen LogP contribution >= 0.6 is 11.3 Å². The zero-order chi connectivity index (χ0) is 13.4. The monoisotopic (exact) mass is 273 g/mol. The molecule has 0 saturated carbocycles. The SMILES string of the molecule is COc1ccc2nc(-c3cnc(N)nc3N)sc2c1. The molecule has 6 nitrogen and oxygen atoms in total. The van der Waals surface area contributed by atoms with Gasteiger partial charge in [0.05, 0.1) is 22.9 Å². The number of aromatic nitrogens is 3. The lowest BCUT2D eigenvalue weighted by Gasteiger charge is -2.00. The Morgan fingerprint density at radius 2 is 2.05 bits per heavy atom. The van der Waals surface area contributed by atoms with Crippen LogP contribution in [0.15, 0.2) is 24.4 Å². The normalized spacial score (nSPS) is 10.8. The minimum atomic E-state index is 0.157. The molecule has 2 aromatic heterocycles. The number of hydrogen-bond donors (Lipinski definition) is 2. The van der Waals surface area contributed by atoms with Crippen LogP contribution in [-0.2, 0) is 0 Å². The molecular formula is C12H11N5OS. The second-order valence-corrected chi connectivity index (χ2v) is 4.91. The summed E-state index contributed by atoms with van der Waals surface area (Å²) < 4.78 is 6.21. The van der Waals surface area contributed by atoms with Crippen molar-refractivity contribution >= 4 is 33.3 Å². The highest BCUT2D eigenvalue weighted by Crippen LogP contribution is 2.33. The highest BCUT2D eigenvalue weighted by Gasteiger charge is 2.11. The van der Waals surface area contributed by atoms with Crippen molar-refractivity contribution in [1.29, 1.82) is 0 Å². The van der Waals surface area contributed by atoms with Gasteiger partial charge < -0.3 is 16.2 Å². The van der Waals surface area contributed by atoms with Crippen LogP contribution in [0, 0.1) is 0 Å². The maximum atomic E-state index is 5.84. The third-order valence-electron chi connectivity index (χ3n) is 2.66. The van der Waals surface area contributed by atoms with Crippen LogP contribution in [0.3, 0.4) is 0 Å². The van der Waals surface area contributed by atoms with Crippen molar-refractivity contribution in [2.45, 2.75) is 0 Å². The molecule has 0 unspecified atom stereocenters. The summed E-state index contributed by atoms with van der Waals surface area (Å²) in [5.41, 5.74) is 12.9. The van der Waals surface area contributed by atoms with Crippen LogP contribution in [0.5, 0.6) is 5.75 Å². The molecule has 0 spiro atoms. The van der Waals surface area contributed by atoms with Crippen molar-refractivity contribution in [1.82, 2.24) is 15.0 Å². The van der Waals surface area contributed by atoms with Gasteiger partial charge in [0.25, 0.3) is 0 Å². The number of anilines is 2. The number of nitrogen functional groups attached to an aromatic ring is 2. The lowest BCUT2D eigenvalue weighted by Crippen LogP contribution is -2.00. The van der Waals surface area contributed by atoms with Crippen LogP contribution in [0.1, 0.15) is 0 Å². The van der Waals surface area contributed by atoms with Crippen LogP contribution in [0.2, 0.25) is 0 Å². The van der Waals surface area contributed by atoms with Gasteiger partial charge in [0, 0.05) is 6.20 Å². The molecule has 2 heterocycles. The minimum absolute atomic E-state index is 0.157. The molecule has 0 fully saturated rings. The van der Waals surface area contributed by atoms with E-state index in [1.165, 1.54) is 11.3 Å². The van der Waals surface area contributed by atoms with Gasteiger partial charge in [-0.25, -0.2) is 9.97 Å². The van der Waals surface area contributed by atoms with E-state index >= 15 is 0 Å². The van der Waals surface area contributed by atoms with Gasteiger partial charge in [0.2, 0.25) is 5.95 Å². The number of fused-ring (bicyclic) bond motifs is 1. The molecule has 0 atom stereocenters. The zero-order valence-electron chi connectivity index (χ0n) is 10.1. The van der Waals surface area contributed by atoms with E-state index in [2.05, 4.69) is 15.0 Å². The molecule has 1 aromatic carbocycles. The van der Waals surface area contributed by atoms with E-state index in [-0.39, 0.29) is 5.95 Å². The van der Waals surface area contributed by atoms with Crippen molar-refractivity contribution < 1.29 is 4.74 Å². The number of methoxy groups -OCH3 is 1. The van der Waals surface area contributed by atoms with Crippen LogP contribution < -0.4 is 16.2 Å². The fourth-order valence-corrected chi connectivity index (χ4v) is 2.73. The highest BCUT2D eigenvalue weighted by atomic mass is 32.1. The molecule has 0 bridgehead atoms. The molecule has 96 valence electrons. The van der Waals surface area contributed by atoms with Crippen LogP contribution in [-0.4, -0.2) is 22.1 Å². The largest absolute Gasteiger partial charge is 0.497 e. The Bertz CT molecular complexity index is 755. The van der Waals surface area contributed by atoms with E-state index in [1.807, 2.05) is 18.2 Å². The third-order valence-corrected chi connectivity index (χ3v) is 3.71. The van der Waals surface area contributed by atoms with Gasteiger partial charge in [0.1, 0.15) is 16.6 Å². The van der Waals surface area contributed by atoms with E-state index in [1.54, 1.807) is 13.3 Å². The van der Waals surface area contributed by atoms with Gasteiger partial charge in [-0.15, -0.1) is 11.3 Å². The Kier molecular flexibility index (Phi) is 2.68. The quantitative estimate of drug-likeness (QED) is 0.740. The Morgan fingerprint density at radius 3 is 2.79 bits per heavy atom. The average Bonchev–Trinajstić information content (AvgIpc) is 2.80. The van der Waals surface area contributed by atoms with Crippen molar-refractivity contribution in [2.75, 3.05) is 18.6 Å². The molecule has 0 aliphatic carbocycles. The molecule has 4 N–H and O–H groups in total. The lowest BCUT2D eigenvalue weighted by molar-refractivity contribution is 0.415. The Balaban J connectivity index is 2.14. The second kappa shape index (κ2) is 4.36. The molecule has 3 aromatic rings. The maximum Gasteiger partial charge on any atom is 0.221 e. The predicted octanol–water partition coefficient (Wildman–Crippen LogP) is 1.93. The molecule has 3 rings (SSSR count). The first kappa shape index (κ1) is 11.7. The fourth-order valence-electron chi connectivity index (χ4n) is 1.72. The zero-order valence-corrected chi connectivity index (χ0v) is 10.9. The molecule has 0 aliphatic rings. The number of hydrogen-bond acceptors (Lipinski definition) is 7. The molecule has 19 heavy (non-hydrogen) atoms. The molecule has 0 aliphatic heterocycles. The fraction of sp³-hybridized carbons (Fsp3) is 0.0833. The van der Waals surface area contributed by atoms with Crippen LogP contribution in [0.4, 0.5) is 11.8 Å². The van der Waals surface area contributed by atoms with Gasteiger partial charge >= 0.3 is 0 Å². The van der Waals surface area contributed by atoms with Crippen molar-refractivity contribution in [2.24, 2.45) is 0 Å². The summed E-state index contributed by atoms with van der Waals surface area (Å²) in [5, 5.41) is 0.765. The van der Waals surface area contributed by atoms with E-state index in [9.17, 15) is 0 Å². The van der Waals surface area contributed by atoms with E-state index < -0.39 is 0 Å². The molecule has 7 heteroatoms. The smallest absolute Gasteiger partial charge is 0.221 e. The summed E-state index contributed by atoms with van der Waals surface area (Å²) in [7, 11) is 1.63.